The van der Waals surface area contributed by atoms with E-state index in [-0.39, 0.29) is 5.91 Å². The monoisotopic (exact) mass is 432 g/mol. The molecule has 152 valence electrons. The minimum Gasteiger partial charge on any atom is -0.465 e. The second-order valence-corrected chi connectivity index (χ2v) is 7.66. The maximum atomic E-state index is 12.9. The largest absolute Gasteiger partial charge is 0.465 e. The number of carbonyl (C=O) groups excluding carboxylic acids is 2. The van der Waals surface area contributed by atoms with E-state index in [9.17, 15) is 9.59 Å². The van der Waals surface area contributed by atoms with Crippen LogP contribution in [0.3, 0.4) is 0 Å². The molecule has 1 aliphatic heterocycles. The van der Waals surface area contributed by atoms with Gasteiger partial charge in [-0.05, 0) is 63.6 Å². The van der Waals surface area contributed by atoms with E-state index in [0.717, 1.165) is 22.6 Å². The Kier molecular flexibility index (Phi) is 5.92. The molecule has 29 heavy (non-hydrogen) atoms. The van der Waals surface area contributed by atoms with E-state index >= 15 is 0 Å². The molecular weight excluding hydrogens is 411 g/mol. The van der Waals surface area contributed by atoms with Gasteiger partial charge in [-0.25, -0.2) is 4.79 Å². The van der Waals surface area contributed by atoms with Crippen LogP contribution in [0, 0.1) is 13.8 Å². The number of hydrogen-bond donors (Lipinski definition) is 0. The van der Waals surface area contributed by atoms with E-state index in [4.69, 9.17) is 27.9 Å². The maximum absolute atomic E-state index is 12.9. The molecule has 0 N–H and O–H groups in total. The van der Waals surface area contributed by atoms with Gasteiger partial charge in [-0.1, -0.05) is 23.2 Å². The average Bonchev–Trinajstić information content (AvgIpc) is 3.08. The number of hydrogen-bond acceptors (Lipinski definition) is 3. The first-order valence-electron chi connectivity index (χ1n) is 9.18. The second-order valence-electron chi connectivity index (χ2n) is 6.82. The van der Waals surface area contributed by atoms with Crippen molar-refractivity contribution in [1.29, 1.82) is 0 Å². The van der Waals surface area contributed by atoms with Crippen molar-refractivity contribution in [3.05, 3.63) is 68.1 Å². The van der Waals surface area contributed by atoms with Crippen LogP contribution in [0.1, 0.15) is 30.8 Å². The number of carbonyl (C=O) groups is 2. The van der Waals surface area contributed by atoms with E-state index in [1.165, 1.54) is 7.11 Å². The lowest BCUT2D eigenvalue weighted by atomic mass is 10.0. The van der Waals surface area contributed by atoms with Crippen molar-refractivity contribution in [3.8, 4) is 5.69 Å². The number of allylic oxidation sites excluding steroid dienone is 1. The third-order valence-electron chi connectivity index (χ3n) is 5.14. The SMILES string of the molecule is CCN1C(=O)/C(=C\c2cc(C)n(-c3ccc(Cl)cc3Cl)c2C)C(C(=O)OC)=C1C. The Bertz CT molecular complexity index is 1080. The van der Waals surface area contributed by atoms with Gasteiger partial charge in [-0.15, -0.1) is 0 Å². The third-order valence-corrected chi connectivity index (χ3v) is 5.68. The summed E-state index contributed by atoms with van der Waals surface area (Å²) >= 11 is 12.4. The van der Waals surface area contributed by atoms with Crippen LogP contribution in [0.2, 0.25) is 10.0 Å². The summed E-state index contributed by atoms with van der Waals surface area (Å²) in [5.74, 6) is -0.729. The van der Waals surface area contributed by atoms with Gasteiger partial charge in [0.2, 0.25) is 0 Å². The molecule has 0 aliphatic carbocycles. The Labute approximate surface area is 180 Å². The normalized spacial score (nSPS) is 15.6. The molecule has 0 fully saturated rings. The van der Waals surface area contributed by atoms with Crippen LogP contribution in [0.15, 0.2) is 41.1 Å². The number of likely N-dealkylation sites (N-methyl/N-ethyl adjacent to an activating group) is 1. The highest BCUT2D eigenvalue weighted by Gasteiger charge is 2.36. The van der Waals surface area contributed by atoms with Crippen LogP contribution < -0.4 is 0 Å². The van der Waals surface area contributed by atoms with Crippen molar-refractivity contribution in [1.82, 2.24) is 9.47 Å². The van der Waals surface area contributed by atoms with Gasteiger partial charge < -0.3 is 14.2 Å². The molecule has 1 aromatic heterocycles. The molecule has 0 bridgehead atoms. The predicted molar refractivity (Wildman–Crippen MR) is 115 cm³/mol. The van der Waals surface area contributed by atoms with E-state index in [2.05, 4.69) is 0 Å². The summed E-state index contributed by atoms with van der Waals surface area (Å²) in [6, 6.07) is 7.28. The molecule has 1 amide bonds. The molecule has 0 spiro atoms. The van der Waals surface area contributed by atoms with Crippen molar-refractivity contribution in [2.75, 3.05) is 13.7 Å². The average molecular weight is 433 g/mol. The third kappa shape index (κ3) is 3.61. The van der Waals surface area contributed by atoms with Gasteiger partial charge in [0.1, 0.15) is 0 Å². The number of methoxy groups -OCH3 is 1. The zero-order valence-electron chi connectivity index (χ0n) is 17.0. The van der Waals surface area contributed by atoms with E-state index in [1.54, 1.807) is 30.0 Å². The lowest BCUT2D eigenvalue weighted by molar-refractivity contribution is -0.136. The van der Waals surface area contributed by atoms with Crippen LogP contribution >= 0.6 is 23.2 Å². The van der Waals surface area contributed by atoms with Gasteiger partial charge >= 0.3 is 5.97 Å². The second kappa shape index (κ2) is 8.09. The number of benzene rings is 1. The first-order valence-corrected chi connectivity index (χ1v) is 9.94. The van der Waals surface area contributed by atoms with Crippen LogP contribution in [0.4, 0.5) is 0 Å². The fraction of sp³-hybridized carbons (Fsp3) is 0.273. The summed E-state index contributed by atoms with van der Waals surface area (Å²) in [5.41, 5.74) is 4.69. The summed E-state index contributed by atoms with van der Waals surface area (Å²) in [4.78, 5) is 26.8. The highest BCUT2D eigenvalue weighted by Crippen LogP contribution is 2.34. The standard InChI is InChI=1S/C22H22Cl2N2O3/c1-6-25-14(4)20(22(28)29-5)17(21(25)27)10-15-9-12(2)26(13(15)3)19-8-7-16(23)11-18(19)24/h7-11H,6H2,1-5H3/b17-10-. The van der Waals surface area contributed by atoms with Gasteiger partial charge in [0.05, 0.1) is 29.0 Å². The van der Waals surface area contributed by atoms with Gasteiger partial charge in [-0.2, -0.15) is 0 Å². The van der Waals surface area contributed by atoms with Gasteiger partial charge in [0.25, 0.3) is 5.91 Å². The minimum atomic E-state index is -0.521. The Morgan fingerprint density at radius 2 is 1.86 bits per heavy atom. The quantitative estimate of drug-likeness (QED) is 0.499. The molecule has 1 aromatic carbocycles. The van der Waals surface area contributed by atoms with E-state index in [0.29, 0.717) is 33.4 Å². The molecule has 3 rings (SSSR count). The van der Waals surface area contributed by atoms with Crippen molar-refractivity contribution < 1.29 is 14.3 Å². The summed E-state index contributed by atoms with van der Waals surface area (Å²) in [6.45, 7) is 7.99. The predicted octanol–water partition coefficient (Wildman–Crippen LogP) is 5.09. The number of ether oxygens (including phenoxy) is 1. The minimum absolute atomic E-state index is 0.209. The van der Waals surface area contributed by atoms with Gasteiger partial charge in [0, 0.05) is 28.7 Å². The highest BCUT2D eigenvalue weighted by atomic mass is 35.5. The van der Waals surface area contributed by atoms with E-state index < -0.39 is 5.97 Å². The summed E-state index contributed by atoms with van der Waals surface area (Å²) in [7, 11) is 1.31. The van der Waals surface area contributed by atoms with Crippen LogP contribution in [-0.2, 0) is 14.3 Å². The molecule has 0 saturated heterocycles. The lowest BCUT2D eigenvalue weighted by Gasteiger charge is -2.14. The molecule has 2 aromatic rings. The van der Waals surface area contributed by atoms with Crippen molar-refractivity contribution in [2.45, 2.75) is 27.7 Å². The van der Waals surface area contributed by atoms with Crippen LogP contribution in [0.25, 0.3) is 11.8 Å². The zero-order chi connectivity index (χ0) is 21.5. The Morgan fingerprint density at radius 1 is 1.17 bits per heavy atom. The molecule has 0 unspecified atom stereocenters. The number of esters is 1. The zero-order valence-corrected chi connectivity index (χ0v) is 18.5. The smallest absolute Gasteiger partial charge is 0.340 e. The van der Waals surface area contributed by atoms with Crippen molar-refractivity contribution in [3.63, 3.8) is 0 Å². The van der Waals surface area contributed by atoms with E-state index in [1.807, 2.05) is 37.5 Å². The number of amides is 1. The topological polar surface area (TPSA) is 51.5 Å². The molecule has 5 nitrogen and oxygen atoms in total. The van der Waals surface area contributed by atoms with Crippen molar-refractivity contribution in [2.24, 2.45) is 0 Å². The molecule has 0 radical (unpaired) electrons. The molecular formula is C22H22Cl2N2O3. The van der Waals surface area contributed by atoms with Gasteiger partial charge in [-0.3, -0.25) is 4.79 Å². The molecule has 7 heteroatoms. The maximum Gasteiger partial charge on any atom is 0.340 e. The molecule has 0 saturated carbocycles. The number of rotatable bonds is 4. The Morgan fingerprint density at radius 3 is 2.45 bits per heavy atom. The van der Waals surface area contributed by atoms with Crippen LogP contribution in [0.5, 0.6) is 0 Å². The number of halogens is 2. The molecule has 0 atom stereocenters. The first kappa shape index (κ1) is 21.2. The van der Waals surface area contributed by atoms with Gasteiger partial charge in [0.15, 0.2) is 0 Å². The fourth-order valence-corrected chi connectivity index (χ4v) is 4.22. The molecule has 1 aliphatic rings. The Balaban J connectivity index is 2.16. The summed E-state index contributed by atoms with van der Waals surface area (Å²) in [6.07, 6.45) is 1.75. The summed E-state index contributed by atoms with van der Waals surface area (Å²) < 4.78 is 6.91. The number of aromatic nitrogens is 1. The Hall–Kier alpha value is -2.50. The lowest BCUT2D eigenvalue weighted by Crippen LogP contribution is -2.24. The fourth-order valence-electron chi connectivity index (χ4n) is 3.73. The summed E-state index contributed by atoms with van der Waals surface area (Å²) in [5, 5.41) is 1.08. The van der Waals surface area contributed by atoms with Crippen molar-refractivity contribution >= 4 is 41.2 Å². The first-order chi connectivity index (χ1) is 13.7. The number of nitrogens with zero attached hydrogens (tertiary/aromatic N) is 2. The number of aryl methyl sites for hydroxylation is 1. The molecule has 2 heterocycles. The van der Waals surface area contributed by atoms with Crippen LogP contribution in [-0.4, -0.2) is 35.0 Å². The highest BCUT2D eigenvalue weighted by molar-refractivity contribution is 6.35.